The molecule has 0 saturated carbocycles. The van der Waals surface area contributed by atoms with Gasteiger partial charge >= 0.3 is 5.97 Å². The first-order valence-electron chi connectivity index (χ1n) is 5.77. The molecule has 88 valence electrons. The second kappa shape index (κ2) is 6.08. The Labute approximate surface area is 91.2 Å². The minimum atomic E-state index is -0.333. The number of rotatable bonds is 5. The van der Waals surface area contributed by atoms with Crippen LogP contribution < -0.4 is 0 Å². The molecule has 1 aliphatic heterocycles. The van der Waals surface area contributed by atoms with Crippen molar-refractivity contribution in [3.8, 4) is 0 Å². The number of aliphatic hydroxyl groups excluding tert-OH is 1. The largest absolute Gasteiger partial charge is 0.465 e. The van der Waals surface area contributed by atoms with Crippen LogP contribution in [-0.2, 0) is 9.53 Å². The van der Waals surface area contributed by atoms with Crippen molar-refractivity contribution in [3.63, 3.8) is 0 Å². The molecule has 0 spiro atoms. The van der Waals surface area contributed by atoms with Gasteiger partial charge in [0.2, 0.25) is 0 Å². The Morgan fingerprint density at radius 1 is 1.60 bits per heavy atom. The fourth-order valence-electron chi connectivity index (χ4n) is 1.95. The van der Waals surface area contributed by atoms with E-state index in [4.69, 9.17) is 4.74 Å². The molecule has 1 heterocycles. The van der Waals surface area contributed by atoms with Crippen molar-refractivity contribution >= 4 is 5.97 Å². The van der Waals surface area contributed by atoms with Crippen molar-refractivity contribution in [3.05, 3.63) is 0 Å². The molecule has 0 bridgehead atoms. The molecule has 1 unspecified atom stereocenters. The normalized spacial score (nSPS) is 24.1. The van der Waals surface area contributed by atoms with Crippen LogP contribution in [0.1, 0.15) is 33.1 Å². The van der Waals surface area contributed by atoms with E-state index >= 15 is 0 Å². The van der Waals surface area contributed by atoms with Gasteiger partial charge in [0.15, 0.2) is 0 Å². The highest BCUT2D eigenvalue weighted by atomic mass is 16.5. The molecular formula is C11H21NO3. The summed E-state index contributed by atoms with van der Waals surface area (Å²) in [7, 11) is 0. The summed E-state index contributed by atoms with van der Waals surface area (Å²) in [4.78, 5) is 13.6. The fraction of sp³-hybridized carbons (Fsp3) is 0.909. The summed E-state index contributed by atoms with van der Waals surface area (Å²) in [6.45, 7) is 5.66. The smallest absolute Gasteiger partial charge is 0.323 e. The Kier molecular flexibility index (Phi) is 5.05. The van der Waals surface area contributed by atoms with E-state index in [0.29, 0.717) is 13.2 Å². The van der Waals surface area contributed by atoms with Crippen LogP contribution in [-0.4, -0.2) is 47.8 Å². The average Bonchev–Trinajstić information content (AvgIpc) is 2.66. The number of β-amino-alcohol motifs (C(OH)–C–C–N with tert-alkyl or cyclic N) is 1. The molecule has 0 aromatic carbocycles. The maximum absolute atomic E-state index is 11.6. The summed E-state index contributed by atoms with van der Waals surface area (Å²) in [5.74, 6) is -0.140. The van der Waals surface area contributed by atoms with Gasteiger partial charge < -0.3 is 9.84 Å². The van der Waals surface area contributed by atoms with Crippen molar-refractivity contribution in [1.29, 1.82) is 0 Å². The van der Waals surface area contributed by atoms with Gasteiger partial charge in [-0.25, -0.2) is 0 Å². The Morgan fingerprint density at radius 2 is 2.33 bits per heavy atom. The van der Waals surface area contributed by atoms with Crippen LogP contribution in [0.25, 0.3) is 0 Å². The fourth-order valence-corrected chi connectivity index (χ4v) is 1.95. The summed E-state index contributed by atoms with van der Waals surface area (Å²) in [6, 6.07) is -0.133. The Balaban J connectivity index is 2.45. The number of likely N-dealkylation sites (tertiary alicyclic amines) is 1. The summed E-state index contributed by atoms with van der Waals surface area (Å²) in [5, 5.41) is 9.55. The summed E-state index contributed by atoms with van der Waals surface area (Å²) >= 11 is 0. The number of nitrogens with zero attached hydrogens (tertiary/aromatic N) is 1. The van der Waals surface area contributed by atoms with Crippen LogP contribution in [0, 0.1) is 0 Å². The lowest BCUT2D eigenvalue weighted by Crippen LogP contribution is -2.41. The van der Waals surface area contributed by atoms with Gasteiger partial charge in [0.05, 0.1) is 12.7 Å². The first-order valence-corrected chi connectivity index (χ1v) is 5.77. The molecule has 2 atom stereocenters. The number of hydrogen-bond donors (Lipinski definition) is 1. The number of aliphatic hydroxyl groups is 1. The average molecular weight is 215 g/mol. The first-order chi connectivity index (χ1) is 7.19. The van der Waals surface area contributed by atoms with Gasteiger partial charge in [0.25, 0.3) is 0 Å². The topological polar surface area (TPSA) is 49.8 Å². The van der Waals surface area contributed by atoms with Gasteiger partial charge in [-0.3, -0.25) is 9.69 Å². The molecule has 4 heteroatoms. The number of esters is 1. The number of carbonyl (C=O) groups is 1. The van der Waals surface area contributed by atoms with Crippen molar-refractivity contribution in [2.75, 3.05) is 19.7 Å². The van der Waals surface area contributed by atoms with Gasteiger partial charge in [0.1, 0.15) is 6.04 Å². The van der Waals surface area contributed by atoms with Gasteiger partial charge in [-0.15, -0.1) is 0 Å². The summed E-state index contributed by atoms with van der Waals surface area (Å²) < 4.78 is 5.01. The lowest BCUT2D eigenvalue weighted by molar-refractivity contribution is -0.148. The summed E-state index contributed by atoms with van der Waals surface area (Å²) in [6.07, 6.45) is 2.27. The molecule has 1 N–H and O–H groups in total. The quantitative estimate of drug-likeness (QED) is 0.689. The van der Waals surface area contributed by atoms with E-state index in [-0.39, 0.29) is 18.1 Å². The third-order valence-electron chi connectivity index (χ3n) is 2.84. The SMILES string of the molecule is CCOC(=O)C1CCCN1C[C@H](O)CC. The standard InChI is InChI=1S/C11H21NO3/c1-3-9(13)8-12-7-5-6-10(12)11(14)15-4-2/h9-10,13H,3-8H2,1-2H3/t9-,10?/m1/s1. The van der Waals surface area contributed by atoms with Gasteiger partial charge in [-0.2, -0.15) is 0 Å². The monoisotopic (exact) mass is 215 g/mol. The van der Waals surface area contributed by atoms with Crippen molar-refractivity contribution in [2.24, 2.45) is 0 Å². The maximum Gasteiger partial charge on any atom is 0.323 e. The zero-order chi connectivity index (χ0) is 11.3. The van der Waals surface area contributed by atoms with Crippen molar-refractivity contribution < 1.29 is 14.6 Å². The Bertz CT molecular complexity index is 208. The molecule has 1 aliphatic rings. The highest BCUT2D eigenvalue weighted by Gasteiger charge is 2.32. The number of ether oxygens (including phenoxy) is 1. The van der Waals surface area contributed by atoms with Crippen molar-refractivity contribution in [1.82, 2.24) is 4.90 Å². The molecular weight excluding hydrogens is 194 g/mol. The van der Waals surface area contributed by atoms with E-state index in [1.165, 1.54) is 0 Å². The molecule has 1 rings (SSSR count). The number of carbonyl (C=O) groups excluding carboxylic acids is 1. The molecule has 0 amide bonds. The molecule has 0 aromatic rings. The Hall–Kier alpha value is -0.610. The number of hydrogen-bond acceptors (Lipinski definition) is 4. The van der Waals surface area contributed by atoms with Crippen LogP contribution in [0.4, 0.5) is 0 Å². The van der Waals surface area contributed by atoms with Gasteiger partial charge in [-0.05, 0) is 32.7 Å². The molecule has 4 nitrogen and oxygen atoms in total. The minimum Gasteiger partial charge on any atom is -0.465 e. The third-order valence-corrected chi connectivity index (χ3v) is 2.84. The molecule has 1 saturated heterocycles. The van der Waals surface area contributed by atoms with Crippen LogP contribution >= 0.6 is 0 Å². The Morgan fingerprint density at radius 3 is 2.93 bits per heavy atom. The summed E-state index contributed by atoms with van der Waals surface area (Å²) in [5.41, 5.74) is 0. The second-order valence-electron chi connectivity index (χ2n) is 3.97. The highest BCUT2D eigenvalue weighted by Crippen LogP contribution is 2.19. The van der Waals surface area contributed by atoms with E-state index in [1.807, 2.05) is 18.7 Å². The van der Waals surface area contributed by atoms with E-state index < -0.39 is 0 Å². The van der Waals surface area contributed by atoms with Gasteiger partial charge in [0, 0.05) is 6.54 Å². The first kappa shape index (κ1) is 12.5. The van der Waals surface area contributed by atoms with E-state index in [9.17, 15) is 9.90 Å². The lowest BCUT2D eigenvalue weighted by Gasteiger charge is -2.24. The molecule has 0 aromatic heterocycles. The molecule has 1 fully saturated rings. The lowest BCUT2D eigenvalue weighted by atomic mass is 10.2. The maximum atomic E-state index is 11.6. The zero-order valence-corrected chi connectivity index (χ0v) is 9.61. The third kappa shape index (κ3) is 3.47. The zero-order valence-electron chi connectivity index (χ0n) is 9.61. The second-order valence-corrected chi connectivity index (χ2v) is 3.97. The predicted molar refractivity (Wildman–Crippen MR) is 57.5 cm³/mol. The van der Waals surface area contributed by atoms with Crippen molar-refractivity contribution in [2.45, 2.75) is 45.3 Å². The van der Waals surface area contributed by atoms with E-state index in [1.54, 1.807) is 0 Å². The van der Waals surface area contributed by atoms with E-state index in [2.05, 4.69) is 0 Å². The van der Waals surface area contributed by atoms with Gasteiger partial charge in [-0.1, -0.05) is 6.92 Å². The molecule has 0 radical (unpaired) electrons. The van der Waals surface area contributed by atoms with Crippen LogP contribution in [0.2, 0.25) is 0 Å². The highest BCUT2D eigenvalue weighted by molar-refractivity contribution is 5.76. The van der Waals surface area contributed by atoms with E-state index in [0.717, 1.165) is 25.8 Å². The molecule has 0 aliphatic carbocycles. The minimum absolute atomic E-state index is 0.133. The van der Waals surface area contributed by atoms with Crippen LogP contribution in [0.15, 0.2) is 0 Å². The van der Waals surface area contributed by atoms with Crippen LogP contribution in [0.3, 0.4) is 0 Å². The predicted octanol–water partition coefficient (Wildman–Crippen LogP) is 0.785. The van der Waals surface area contributed by atoms with Crippen LogP contribution in [0.5, 0.6) is 0 Å². The molecule has 15 heavy (non-hydrogen) atoms.